The lowest BCUT2D eigenvalue weighted by atomic mass is 9.82. The normalized spacial score (nSPS) is 29.4. The molecule has 1 aliphatic heterocycles. The quantitative estimate of drug-likeness (QED) is 0.785. The maximum Gasteiger partial charge on any atom is 0.0168 e. The number of rotatable bonds is 5. The Morgan fingerprint density at radius 1 is 1.19 bits per heavy atom. The van der Waals surface area contributed by atoms with E-state index in [1.54, 1.807) is 0 Å². The van der Waals surface area contributed by atoms with Crippen LogP contribution in [0, 0.1) is 5.92 Å². The number of nitrogens with one attached hydrogen (secondary N) is 1. The first kappa shape index (κ1) is 12.8. The van der Waals surface area contributed by atoms with Crippen molar-refractivity contribution >= 4 is 11.8 Å². The van der Waals surface area contributed by atoms with Crippen molar-refractivity contribution in [1.82, 2.24) is 5.32 Å². The van der Waals surface area contributed by atoms with Crippen molar-refractivity contribution in [2.45, 2.75) is 70.4 Å². The molecule has 0 radical (unpaired) electrons. The fraction of sp³-hybridized carbons (Fsp3) is 1.00. The minimum Gasteiger partial charge on any atom is -0.310 e. The third-order valence-corrected chi connectivity index (χ3v) is 5.36. The highest BCUT2D eigenvalue weighted by molar-refractivity contribution is 7.99. The summed E-state index contributed by atoms with van der Waals surface area (Å²) in [4.78, 5) is 0. The van der Waals surface area contributed by atoms with E-state index in [1.807, 2.05) is 0 Å². The summed E-state index contributed by atoms with van der Waals surface area (Å²) in [6.07, 6.45) is 11.5. The van der Waals surface area contributed by atoms with E-state index in [0.29, 0.717) is 0 Å². The molecule has 0 aromatic rings. The predicted molar refractivity (Wildman–Crippen MR) is 74.1 cm³/mol. The highest BCUT2D eigenvalue weighted by atomic mass is 32.2. The second kappa shape index (κ2) is 6.90. The van der Waals surface area contributed by atoms with Crippen molar-refractivity contribution in [3.63, 3.8) is 0 Å². The first-order valence-corrected chi connectivity index (χ1v) is 8.39. The van der Waals surface area contributed by atoms with E-state index >= 15 is 0 Å². The second-order valence-electron chi connectivity index (χ2n) is 5.52. The molecule has 1 saturated carbocycles. The minimum absolute atomic E-state index is 0.823. The average molecular weight is 241 g/mol. The number of hydrogen-bond donors (Lipinski definition) is 1. The van der Waals surface area contributed by atoms with Crippen LogP contribution in [0.3, 0.4) is 0 Å². The van der Waals surface area contributed by atoms with E-state index in [-0.39, 0.29) is 0 Å². The Balaban J connectivity index is 1.82. The van der Waals surface area contributed by atoms with Crippen LogP contribution < -0.4 is 5.32 Å². The molecule has 2 fully saturated rings. The molecule has 0 spiro atoms. The summed E-state index contributed by atoms with van der Waals surface area (Å²) in [5, 5.41) is 3.97. The van der Waals surface area contributed by atoms with Gasteiger partial charge in [-0.1, -0.05) is 32.6 Å². The van der Waals surface area contributed by atoms with Crippen molar-refractivity contribution < 1.29 is 0 Å². The van der Waals surface area contributed by atoms with Crippen LogP contribution in [0.2, 0.25) is 0 Å². The maximum atomic E-state index is 3.97. The molecule has 1 heterocycles. The van der Waals surface area contributed by atoms with Crippen molar-refractivity contribution in [1.29, 1.82) is 0 Å². The lowest BCUT2D eigenvalue weighted by Gasteiger charge is -2.33. The van der Waals surface area contributed by atoms with Gasteiger partial charge in [-0.2, -0.15) is 11.8 Å². The SMILES string of the molecule is CCCC(NC1CCSC1)C1CCCCC1. The van der Waals surface area contributed by atoms with Crippen LogP contribution in [0.15, 0.2) is 0 Å². The molecule has 2 aliphatic rings. The standard InChI is InChI=1S/C14H27NS/c1-2-6-14(12-7-4-3-5-8-12)15-13-9-10-16-11-13/h12-15H,2-11H2,1H3. The molecule has 16 heavy (non-hydrogen) atoms. The molecule has 1 aliphatic carbocycles. The Morgan fingerprint density at radius 3 is 2.62 bits per heavy atom. The molecule has 1 nitrogen and oxygen atoms in total. The van der Waals surface area contributed by atoms with E-state index in [9.17, 15) is 0 Å². The molecule has 2 atom stereocenters. The van der Waals surface area contributed by atoms with Gasteiger partial charge in [0.1, 0.15) is 0 Å². The zero-order chi connectivity index (χ0) is 11.2. The van der Waals surface area contributed by atoms with Gasteiger partial charge in [-0.25, -0.2) is 0 Å². The van der Waals surface area contributed by atoms with Crippen molar-refractivity contribution in [2.75, 3.05) is 11.5 Å². The zero-order valence-corrected chi connectivity index (χ0v) is 11.5. The van der Waals surface area contributed by atoms with Gasteiger partial charge in [0.15, 0.2) is 0 Å². The third kappa shape index (κ3) is 3.66. The van der Waals surface area contributed by atoms with Crippen LogP contribution in [0.1, 0.15) is 58.3 Å². The second-order valence-corrected chi connectivity index (χ2v) is 6.67. The Kier molecular flexibility index (Phi) is 5.51. The average Bonchev–Trinajstić information content (AvgIpc) is 2.83. The van der Waals surface area contributed by atoms with E-state index in [0.717, 1.165) is 18.0 Å². The topological polar surface area (TPSA) is 12.0 Å². The van der Waals surface area contributed by atoms with E-state index in [1.165, 1.54) is 62.9 Å². The van der Waals surface area contributed by atoms with Crippen LogP contribution in [-0.4, -0.2) is 23.6 Å². The van der Waals surface area contributed by atoms with Crippen LogP contribution in [0.25, 0.3) is 0 Å². The van der Waals surface area contributed by atoms with Gasteiger partial charge in [0.25, 0.3) is 0 Å². The summed E-state index contributed by atoms with van der Waals surface area (Å²) >= 11 is 2.13. The molecule has 94 valence electrons. The summed E-state index contributed by atoms with van der Waals surface area (Å²) in [6.45, 7) is 2.33. The van der Waals surface area contributed by atoms with Crippen LogP contribution in [0.5, 0.6) is 0 Å². The molecule has 1 saturated heterocycles. The highest BCUT2D eigenvalue weighted by Gasteiger charge is 2.26. The van der Waals surface area contributed by atoms with Crippen LogP contribution >= 0.6 is 11.8 Å². The molecule has 1 N–H and O–H groups in total. The van der Waals surface area contributed by atoms with Gasteiger partial charge in [0, 0.05) is 17.8 Å². The molecule has 2 rings (SSSR count). The molecule has 0 aromatic heterocycles. The minimum atomic E-state index is 0.823. The smallest absolute Gasteiger partial charge is 0.0168 e. The summed E-state index contributed by atoms with van der Waals surface area (Å²) in [5.41, 5.74) is 0. The molecule has 0 amide bonds. The van der Waals surface area contributed by atoms with E-state index in [2.05, 4.69) is 24.0 Å². The van der Waals surface area contributed by atoms with Gasteiger partial charge in [0.05, 0.1) is 0 Å². The van der Waals surface area contributed by atoms with Crippen molar-refractivity contribution in [3.8, 4) is 0 Å². The highest BCUT2D eigenvalue weighted by Crippen LogP contribution is 2.29. The van der Waals surface area contributed by atoms with E-state index < -0.39 is 0 Å². The zero-order valence-electron chi connectivity index (χ0n) is 10.7. The van der Waals surface area contributed by atoms with E-state index in [4.69, 9.17) is 0 Å². The summed E-state index contributed by atoms with van der Waals surface area (Å²) < 4.78 is 0. The molecule has 0 aromatic carbocycles. The maximum absolute atomic E-state index is 3.97. The third-order valence-electron chi connectivity index (χ3n) is 4.20. The number of thioether (sulfide) groups is 1. The number of hydrogen-bond acceptors (Lipinski definition) is 2. The van der Waals surface area contributed by atoms with Gasteiger partial charge in [-0.15, -0.1) is 0 Å². The Morgan fingerprint density at radius 2 is 2.00 bits per heavy atom. The summed E-state index contributed by atoms with van der Waals surface area (Å²) in [6, 6.07) is 1.65. The monoisotopic (exact) mass is 241 g/mol. The molecule has 2 heteroatoms. The predicted octanol–water partition coefficient (Wildman–Crippen LogP) is 3.83. The lowest BCUT2D eigenvalue weighted by Crippen LogP contribution is -2.43. The van der Waals surface area contributed by atoms with Gasteiger partial charge in [-0.3, -0.25) is 0 Å². The van der Waals surface area contributed by atoms with Gasteiger partial charge < -0.3 is 5.32 Å². The van der Waals surface area contributed by atoms with Crippen LogP contribution in [0.4, 0.5) is 0 Å². The fourth-order valence-electron chi connectivity index (χ4n) is 3.27. The van der Waals surface area contributed by atoms with Gasteiger partial charge in [0.2, 0.25) is 0 Å². The Labute approximate surface area is 105 Å². The van der Waals surface area contributed by atoms with Gasteiger partial charge in [-0.05, 0) is 37.4 Å². The Hall–Kier alpha value is 0.310. The van der Waals surface area contributed by atoms with Crippen LogP contribution in [-0.2, 0) is 0 Å². The van der Waals surface area contributed by atoms with Crippen molar-refractivity contribution in [2.24, 2.45) is 5.92 Å². The molecular weight excluding hydrogens is 214 g/mol. The largest absolute Gasteiger partial charge is 0.310 e. The fourth-order valence-corrected chi connectivity index (χ4v) is 4.44. The first-order chi connectivity index (χ1) is 7.90. The summed E-state index contributed by atoms with van der Waals surface area (Å²) in [7, 11) is 0. The molecule has 2 unspecified atom stereocenters. The van der Waals surface area contributed by atoms with Gasteiger partial charge >= 0.3 is 0 Å². The molecule has 0 bridgehead atoms. The molecular formula is C14H27NS. The lowest BCUT2D eigenvalue weighted by molar-refractivity contribution is 0.243. The van der Waals surface area contributed by atoms with Crippen molar-refractivity contribution in [3.05, 3.63) is 0 Å². The Bertz CT molecular complexity index is 183. The first-order valence-electron chi connectivity index (χ1n) is 7.24. The summed E-state index contributed by atoms with van der Waals surface area (Å²) in [5.74, 6) is 3.72.